The molecule has 0 fully saturated rings. The number of aryl methyl sites for hydroxylation is 1. The first-order chi connectivity index (χ1) is 11.6. The molecule has 5 heteroatoms. The Morgan fingerprint density at radius 1 is 1.08 bits per heavy atom. The van der Waals surface area contributed by atoms with Gasteiger partial charge in [-0.3, -0.25) is 9.69 Å². The standard InChI is InChI=1S/C19H22N2O3/c1-3-14-4-6-15(7-5-14)11-21(2)12-19(22)20-16-8-9-17-18(10-16)24-13-23-17/h4-10H,3,11-13H2,1-2H3,(H,20,22). The lowest BCUT2D eigenvalue weighted by Crippen LogP contribution is -2.29. The maximum absolute atomic E-state index is 12.2. The molecule has 0 aromatic heterocycles. The number of fused-ring (bicyclic) bond motifs is 1. The largest absolute Gasteiger partial charge is 0.454 e. The maximum atomic E-state index is 12.2. The van der Waals surface area contributed by atoms with Gasteiger partial charge < -0.3 is 14.8 Å². The van der Waals surface area contributed by atoms with E-state index in [1.165, 1.54) is 11.1 Å². The van der Waals surface area contributed by atoms with Crippen molar-refractivity contribution in [1.29, 1.82) is 0 Å². The van der Waals surface area contributed by atoms with Crippen LogP contribution < -0.4 is 14.8 Å². The minimum atomic E-state index is -0.0541. The van der Waals surface area contributed by atoms with Gasteiger partial charge in [0.25, 0.3) is 0 Å². The van der Waals surface area contributed by atoms with Crippen molar-refractivity contribution in [3.05, 3.63) is 53.6 Å². The van der Waals surface area contributed by atoms with Gasteiger partial charge in [0.1, 0.15) is 0 Å². The molecule has 2 aromatic rings. The summed E-state index contributed by atoms with van der Waals surface area (Å²) in [6.07, 6.45) is 1.04. The zero-order valence-electron chi connectivity index (χ0n) is 14.0. The van der Waals surface area contributed by atoms with Gasteiger partial charge in [0.15, 0.2) is 11.5 Å². The fourth-order valence-corrected chi connectivity index (χ4v) is 2.67. The molecule has 0 atom stereocenters. The van der Waals surface area contributed by atoms with E-state index in [1.54, 1.807) is 12.1 Å². The van der Waals surface area contributed by atoms with Gasteiger partial charge in [-0.05, 0) is 36.7 Å². The highest BCUT2D eigenvalue weighted by Crippen LogP contribution is 2.34. The van der Waals surface area contributed by atoms with Crippen LogP contribution in [0, 0.1) is 0 Å². The number of nitrogens with one attached hydrogen (secondary N) is 1. The zero-order chi connectivity index (χ0) is 16.9. The fourth-order valence-electron chi connectivity index (χ4n) is 2.67. The van der Waals surface area contributed by atoms with Crippen LogP contribution in [0.3, 0.4) is 0 Å². The molecule has 0 aliphatic carbocycles. The third-order valence-corrected chi connectivity index (χ3v) is 3.95. The molecule has 1 N–H and O–H groups in total. The Morgan fingerprint density at radius 2 is 1.79 bits per heavy atom. The van der Waals surface area contributed by atoms with Crippen LogP contribution in [-0.4, -0.2) is 31.2 Å². The first-order valence-electron chi connectivity index (χ1n) is 8.10. The van der Waals surface area contributed by atoms with E-state index in [1.807, 2.05) is 18.0 Å². The second-order valence-electron chi connectivity index (χ2n) is 5.96. The van der Waals surface area contributed by atoms with Crippen molar-refractivity contribution < 1.29 is 14.3 Å². The molecule has 1 aliphatic rings. The predicted molar refractivity (Wildman–Crippen MR) is 93.3 cm³/mol. The number of benzene rings is 2. The predicted octanol–water partition coefficient (Wildman–Crippen LogP) is 3.05. The summed E-state index contributed by atoms with van der Waals surface area (Å²) in [7, 11) is 1.94. The van der Waals surface area contributed by atoms with Gasteiger partial charge in [-0.1, -0.05) is 31.2 Å². The molecule has 0 unspecified atom stereocenters. The molecule has 1 heterocycles. The summed E-state index contributed by atoms with van der Waals surface area (Å²) < 4.78 is 10.6. The Kier molecular flexibility index (Phi) is 5.01. The summed E-state index contributed by atoms with van der Waals surface area (Å²) in [5, 5.41) is 2.89. The first-order valence-corrected chi connectivity index (χ1v) is 8.10. The minimum Gasteiger partial charge on any atom is -0.454 e. The van der Waals surface area contributed by atoms with Crippen LogP contribution in [0.2, 0.25) is 0 Å². The Hall–Kier alpha value is -2.53. The van der Waals surface area contributed by atoms with Crippen LogP contribution in [0.4, 0.5) is 5.69 Å². The molecule has 0 radical (unpaired) electrons. The quantitative estimate of drug-likeness (QED) is 0.886. The van der Waals surface area contributed by atoms with Crippen LogP contribution in [0.25, 0.3) is 0 Å². The van der Waals surface area contributed by atoms with E-state index in [0.29, 0.717) is 23.7 Å². The van der Waals surface area contributed by atoms with Gasteiger partial charge in [-0.25, -0.2) is 0 Å². The molecule has 0 bridgehead atoms. The highest BCUT2D eigenvalue weighted by Gasteiger charge is 2.14. The lowest BCUT2D eigenvalue weighted by atomic mass is 10.1. The molecule has 1 amide bonds. The molecule has 5 nitrogen and oxygen atoms in total. The van der Waals surface area contributed by atoms with Gasteiger partial charge >= 0.3 is 0 Å². The van der Waals surface area contributed by atoms with Gasteiger partial charge in [0.05, 0.1) is 6.54 Å². The number of likely N-dealkylation sites (N-methyl/N-ethyl adjacent to an activating group) is 1. The second kappa shape index (κ2) is 7.36. The van der Waals surface area contributed by atoms with E-state index in [0.717, 1.165) is 13.0 Å². The molecule has 24 heavy (non-hydrogen) atoms. The molecule has 1 aliphatic heterocycles. The summed E-state index contributed by atoms with van der Waals surface area (Å²) in [6.45, 7) is 3.43. The van der Waals surface area contributed by atoms with Gasteiger partial charge in [-0.2, -0.15) is 0 Å². The van der Waals surface area contributed by atoms with Gasteiger partial charge in [0, 0.05) is 18.3 Å². The van der Waals surface area contributed by atoms with Crippen LogP contribution in [0.5, 0.6) is 11.5 Å². The van der Waals surface area contributed by atoms with E-state index in [9.17, 15) is 4.79 Å². The van der Waals surface area contributed by atoms with E-state index in [2.05, 4.69) is 36.5 Å². The SMILES string of the molecule is CCc1ccc(CN(C)CC(=O)Nc2ccc3c(c2)OCO3)cc1. The summed E-state index contributed by atoms with van der Waals surface area (Å²) in [5.41, 5.74) is 3.23. The number of hydrogen-bond acceptors (Lipinski definition) is 4. The third-order valence-electron chi connectivity index (χ3n) is 3.95. The topological polar surface area (TPSA) is 50.8 Å². The van der Waals surface area contributed by atoms with Gasteiger partial charge in [0.2, 0.25) is 12.7 Å². The van der Waals surface area contributed by atoms with Crippen molar-refractivity contribution in [1.82, 2.24) is 4.90 Å². The summed E-state index contributed by atoms with van der Waals surface area (Å²) in [5.74, 6) is 1.32. The number of amides is 1. The molecule has 2 aromatic carbocycles. The third kappa shape index (κ3) is 4.06. The Balaban J connectivity index is 1.52. The van der Waals surface area contributed by atoms with E-state index < -0.39 is 0 Å². The average molecular weight is 326 g/mol. The zero-order valence-corrected chi connectivity index (χ0v) is 14.0. The molecular formula is C19H22N2O3. The average Bonchev–Trinajstić information content (AvgIpc) is 3.03. The lowest BCUT2D eigenvalue weighted by molar-refractivity contribution is -0.117. The van der Waals surface area contributed by atoms with Crippen LogP contribution in [0.1, 0.15) is 18.1 Å². The number of nitrogens with zero attached hydrogens (tertiary/aromatic N) is 1. The summed E-state index contributed by atoms with van der Waals surface area (Å²) in [6, 6.07) is 13.9. The van der Waals surface area contributed by atoms with E-state index >= 15 is 0 Å². The second-order valence-corrected chi connectivity index (χ2v) is 5.96. The van der Waals surface area contributed by atoms with Crippen LogP contribution >= 0.6 is 0 Å². The summed E-state index contributed by atoms with van der Waals surface area (Å²) >= 11 is 0. The smallest absolute Gasteiger partial charge is 0.238 e. The molecule has 3 rings (SSSR count). The number of carbonyl (C=O) groups is 1. The minimum absolute atomic E-state index is 0.0541. The van der Waals surface area contributed by atoms with Gasteiger partial charge in [-0.15, -0.1) is 0 Å². The van der Waals surface area contributed by atoms with Crippen molar-refractivity contribution in [2.75, 3.05) is 25.7 Å². The van der Waals surface area contributed by atoms with E-state index in [-0.39, 0.29) is 12.7 Å². The van der Waals surface area contributed by atoms with Crippen molar-refractivity contribution in [2.45, 2.75) is 19.9 Å². The van der Waals surface area contributed by atoms with Crippen molar-refractivity contribution in [2.24, 2.45) is 0 Å². The lowest BCUT2D eigenvalue weighted by Gasteiger charge is -2.16. The number of hydrogen-bond donors (Lipinski definition) is 1. The number of carbonyl (C=O) groups excluding carboxylic acids is 1. The molecule has 0 spiro atoms. The highest BCUT2D eigenvalue weighted by molar-refractivity contribution is 5.92. The fraction of sp³-hybridized carbons (Fsp3) is 0.316. The molecular weight excluding hydrogens is 304 g/mol. The highest BCUT2D eigenvalue weighted by atomic mass is 16.7. The van der Waals surface area contributed by atoms with Crippen LogP contribution in [0.15, 0.2) is 42.5 Å². The Labute approximate surface area is 142 Å². The van der Waals surface area contributed by atoms with Crippen molar-refractivity contribution in [3.63, 3.8) is 0 Å². The monoisotopic (exact) mass is 326 g/mol. The molecule has 0 saturated carbocycles. The summed E-state index contributed by atoms with van der Waals surface area (Å²) in [4.78, 5) is 14.2. The maximum Gasteiger partial charge on any atom is 0.238 e. The Bertz CT molecular complexity index is 713. The Morgan fingerprint density at radius 3 is 2.54 bits per heavy atom. The van der Waals surface area contributed by atoms with Crippen molar-refractivity contribution >= 4 is 11.6 Å². The molecule has 126 valence electrons. The molecule has 0 saturated heterocycles. The number of anilines is 1. The first kappa shape index (κ1) is 16.3. The number of ether oxygens (including phenoxy) is 2. The van der Waals surface area contributed by atoms with Crippen molar-refractivity contribution in [3.8, 4) is 11.5 Å². The normalized spacial score (nSPS) is 12.5. The number of rotatable bonds is 6. The van der Waals surface area contributed by atoms with E-state index in [4.69, 9.17) is 9.47 Å². The van der Waals surface area contributed by atoms with Crippen LogP contribution in [-0.2, 0) is 17.8 Å².